The first-order chi connectivity index (χ1) is 12.4. The minimum atomic E-state index is -1.09. The van der Waals surface area contributed by atoms with Gasteiger partial charge in [0.25, 0.3) is 5.91 Å². The summed E-state index contributed by atoms with van der Waals surface area (Å²) in [6, 6.07) is 6.44. The summed E-state index contributed by atoms with van der Waals surface area (Å²) in [5, 5.41) is 13.9. The van der Waals surface area contributed by atoms with Crippen molar-refractivity contribution in [3.63, 3.8) is 0 Å². The van der Waals surface area contributed by atoms with Gasteiger partial charge < -0.3 is 20.6 Å². The molecule has 2 heterocycles. The molecule has 0 bridgehead atoms. The van der Waals surface area contributed by atoms with Gasteiger partial charge in [0.1, 0.15) is 11.6 Å². The summed E-state index contributed by atoms with van der Waals surface area (Å²) >= 11 is 0. The Kier molecular flexibility index (Phi) is 4.77. The van der Waals surface area contributed by atoms with Crippen molar-refractivity contribution >= 4 is 34.8 Å². The Morgan fingerprint density at radius 1 is 1.38 bits per heavy atom. The zero-order chi connectivity index (χ0) is 18.8. The molecule has 1 unspecified atom stereocenters. The molecule has 0 saturated carbocycles. The summed E-state index contributed by atoms with van der Waals surface area (Å²) in [7, 11) is 0. The lowest BCUT2D eigenvalue weighted by atomic mass is 10.0. The van der Waals surface area contributed by atoms with Gasteiger partial charge in [-0.3, -0.25) is 9.59 Å². The number of rotatable bonds is 5. The van der Waals surface area contributed by atoms with E-state index in [1.54, 1.807) is 6.08 Å². The highest BCUT2D eigenvalue weighted by Gasteiger charge is 2.26. The molecule has 0 spiro atoms. The first kappa shape index (κ1) is 17.7. The summed E-state index contributed by atoms with van der Waals surface area (Å²) < 4.78 is 5.57. The van der Waals surface area contributed by atoms with E-state index in [1.807, 2.05) is 38.1 Å². The molecular weight excluding hydrogens is 336 g/mol. The van der Waals surface area contributed by atoms with Crippen molar-refractivity contribution in [2.75, 3.05) is 0 Å². The number of aromatic nitrogens is 1. The largest absolute Gasteiger partial charge is 0.480 e. The number of hydrogen-bond acceptors (Lipinski definition) is 5. The van der Waals surface area contributed by atoms with Crippen LogP contribution >= 0.6 is 0 Å². The van der Waals surface area contributed by atoms with Crippen molar-refractivity contribution in [2.45, 2.75) is 32.4 Å². The number of carbonyl (C=O) groups is 2. The molecule has 0 saturated heterocycles. The zero-order valence-corrected chi connectivity index (χ0v) is 14.4. The maximum Gasteiger partial charge on any atom is 0.320 e. The predicted octanol–water partition coefficient (Wildman–Crippen LogP) is 1.37. The van der Waals surface area contributed by atoms with E-state index in [4.69, 9.17) is 15.6 Å². The number of aliphatic carboxylic acids is 1. The number of carbonyl (C=O) groups excluding carboxylic acids is 1. The Labute approximate surface area is 149 Å². The topological polar surface area (TPSA) is 130 Å². The number of hydrogen-bond donors (Lipinski definition) is 4. The van der Waals surface area contributed by atoms with E-state index in [-0.39, 0.29) is 29.9 Å². The first-order valence-corrected chi connectivity index (χ1v) is 8.21. The summed E-state index contributed by atoms with van der Waals surface area (Å²) in [5.74, 6) is -1.26. The van der Waals surface area contributed by atoms with Crippen LogP contribution in [0.25, 0.3) is 17.0 Å². The van der Waals surface area contributed by atoms with E-state index in [1.165, 1.54) is 0 Å². The molecule has 1 aliphatic rings. The molecule has 1 aromatic carbocycles. The van der Waals surface area contributed by atoms with Gasteiger partial charge in [0.15, 0.2) is 0 Å². The van der Waals surface area contributed by atoms with Gasteiger partial charge in [0, 0.05) is 23.0 Å². The van der Waals surface area contributed by atoms with Crippen molar-refractivity contribution in [1.82, 2.24) is 10.4 Å². The average molecular weight is 356 g/mol. The first-order valence-electron chi connectivity index (χ1n) is 8.21. The van der Waals surface area contributed by atoms with Gasteiger partial charge in [-0.1, -0.05) is 18.2 Å². The van der Waals surface area contributed by atoms with Crippen LogP contribution in [0, 0.1) is 0 Å². The van der Waals surface area contributed by atoms with Crippen molar-refractivity contribution in [3.05, 3.63) is 41.1 Å². The normalized spacial score (nSPS) is 16.8. The lowest BCUT2D eigenvalue weighted by Gasteiger charge is -2.09. The number of fused-ring (bicyclic) bond motifs is 1. The Hall–Kier alpha value is -3.13. The molecule has 0 aliphatic carbocycles. The van der Waals surface area contributed by atoms with Crippen LogP contribution in [-0.4, -0.2) is 40.0 Å². The second kappa shape index (κ2) is 7.01. The van der Waals surface area contributed by atoms with E-state index in [9.17, 15) is 9.59 Å². The van der Waals surface area contributed by atoms with Crippen molar-refractivity contribution in [2.24, 2.45) is 10.8 Å². The number of hydrazone groups is 1. The summed E-state index contributed by atoms with van der Waals surface area (Å²) in [6.45, 7) is 3.67. The highest BCUT2D eigenvalue weighted by Crippen LogP contribution is 2.26. The highest BCUT2D eigenvalue weighted by molar-refractivity contribution is 6.24. The molecule has 1 atom stereocenters. The minimum Gasteiger partial charge on any atom is -0.480 e. The smallest absolute Gasteiger partial charge is 0.320 e. The minimum absolute atomic E-state index is 0.123. The zero-order valence-electron chi connectivity index (χ0n) is 14.4. The third-order valence-corrected chi connectivity index (χ3v) is 3.96. The number of nitrogens with zero attached hydrogens (tertiary/aromatic N) is 1. The van der Waals surface area contributed by atoms with Crippen molar-refractivity contribution in [3.8, 4) is 0 Å². The molecule has 26 heavy (non-hydrogen) atoms. The van der Waals surface area contributed by atoms with Crippen LogP contribution in [0.15, 0.2) is 34.9 Å². The second-order valence-electron chi connectivity index (χ2n) is 6.29. The number of amides is 1. The van der Waals surface area contributed by atoms with Gasteiger partial charge in [-0.25, -0.2) is 5.43 Å². The van der Waals surface area contributed by atoms with Crippen LogP contribution in [0.5, 0.6) is 0 Å². The van der Waals surface area contributed by atoms with Crippen LogP contribution < -0.4 is 11.2 Å². The Morgan fingerprint density at radius 2 is 2.12 bits per heavy atom. The molecule has 3 rings (SSSR count). The fraction of sp³-hybridized carbons (Fsp3) is 0.278. The molecule has 0 fully saturated rings. The monoisotopic (exact) mass is 356 g/mol. The van der Waals surface area contributed by atoms with Crippen molar-refractivity contribution < 1.29 is 19.4 Å². The number of carboxylic acid groups (broad SMARTS) is 1. The summed E-state index contributed by atoms with van der Waals surface area (Å²) in [4.78, 5) is 26.5. The number of nitrogens with two attached hydrogens (primary N) is 1. The number of H-pyrrole nitrogens is 1. The van der Waals surface area contributed by atoms with Crippen LogP contribution in [-0.2, 0) is 20.7 Å². The van der Waals surface area contributed by atoms with E-state index in [2.05, 4.69) is 15.5 Å². The summed E-state index contributed by atoms with van der Waals surface area (Å²) in [6.07, 6.45) is 1.60. The Balaban J connectivity index is 2.08. The second-order valence-corrected chi connectivity index (χ2v) is 6.29. The Bertz CT molecular complexity index is 926. The van der Waals surface area contributed by atoms with E-state index in [0.717, 1.165) is 16.5 Å². The van der Waals surface area contributed by atoms with E-state index in [0.29, 0.717) is 5.69 Å². The number of benzene rings is 1. The molecule has 1 aliphatic heterocycles. The van der Waals surface area contributed by atoms with E-state index < -0.39 is 12.0 Å². The molecule has 1 amide bonds. The molecule has 0 radical (unpaired) electrons. The number of para-hydroxylation sites is 1. The lowest BCUT2D eigenvalue weighted by molar-refractivity contribution is -0.138. The standard InChI is InChI=1S/C18H20N4O4/c1-9(2)26-17-12(16(23)21-22-17)8-15-11(7-13(19)18(24)25)10-5-3-4-6-14(10)20-15/h3-6,8-9,13,20H,7,19H2,1-2H3,(H,21,23)(H,24,25)/b12-8+. The third kappa shape index (κ3) is 3.45. The third-order valence-electron chi connectivity index (χ3n) is 3.96. The number of nitrogens with one attached hydrogen (secondary N) is 2. The molecule has 2 aromatic rings. The molecular formula is C18H20N4O4. The lowest BCUT2D eigenvalue weighted by Crippen LogP contribution is -2.32. The number of ether oxygens (including phenoxy) is 1. The van der Waals surface area contributed by atoms with Gasteiger partial charge in [-0.2, -0.15) is 0 Å². The fourth-order valence-corrected chi connectivity index (χ4v) is 2.78. The molecule has 1 aromatic heterocycles. The SMILES string of the molecule is CC(C)OC1=NNC(=O)/C1=C\c1[nH]c2ccccc2c1CC(N)C(=O)O. The van der Waals surface area contributed by atoms with Crippen LogP contribution in [0.1, 0.15) is 25.1 Å². The number of carboxylic acids is 1. The van der Waals surface area contributed by atoms with Gasteiger partial charge in [0.05, 0.1) is 6.10 Å². The number of aromatic amines is 1. The van der Waals surface area contributed by atoms with Crippen molar-refractivity contribution in [1.29, 1.82) is 0 Å². The highest BCUT2D eigenvalue weighted by atomic mass is 16.5. The van der Waals surface area contributed by atoms with Crippen LogP contribution in [0.4, 0.5) is 0 Å². The molecule has 5 N–H and O–H groups in total. The van der Waals surface area contributed by atoms with Gasteiger partial charge in [-0.05, 0) is 31.6 Å². The maximum atomic E-state index is 12.1. The predicted molar refractivity (Wildman–Crippen MR) is 97.4 cm³/mol. The van der Waals surface area contributed by atoms with Gasteiger partial charge >= 0.3 is 5.97 Å². The maximum absolute atomic E-state index is 12.1. The van der Waals surface area contributed by atoms with E-state index >= 15 is 0 Å². The quantitative estimate of drug-likeness (QED) is 0.601. The molecule has 136 valence electrons. The van der Waals surface area contributed by atoms with Crippen LogP contribution in [0.2, 0.25) is 0 Å². The van der Waals surface area contributed by atoms with Gasteiger partial charge in [-0.15, -0.1) is 5.10 Å². The average Bonchev–Trinajstić information content (AvgIpc) is 3.10. The Morgan fingerprint density at radius 3 is 2.81 bits per heavy atom. The fourth-order valence-electron chi connectivity index (χ4n) is 2.78. The van der Waals surface area contributed by atoms with Crippen LogP contribution in [0.3, 0.4) is 0 Å². The molecule has 8 heteroatoms. The molecule has 8 nitrogen and oxygen atoms in total. The summed E-state index contributed by atoms with van der Waals surface area (Å²) in [5.41, 5.74) is 10.6. The van der Waals surface area contributed by atoms with Gasteiger partial charge in [0.2, 0.25) is 5.90 Å².